The molecule has 0 unspecified atom stereocenters. The van der Waals surface area contributed by atoms with Crippen LogP contribution in [0.2, 0.25) is 0 Å². The highest BCUT2D eigenvalue weighted by Crippen LogP contribution is 2.52. The smallest absolute Gasteiger partial charge is 0.320 e. The van der Waals surface area contributed by atoms with Gasteiger partial charge in [0.1, 0.15) is 0 Å². The molecule has 0 aromatic rings. The van der Waals surface area contributed by atoms with Gasteiger partial charge in [-0.15, -0.1) is 0 Å². The lowest BCUT2D eigenvalue weighted by Gasteiger charge is -2.05. The molecule has 0 spiro atoms. The van der Waals surface area contributed by atoms with Crippen molar-refractivity contribution < 1.29 is 9.53 Å². The van der Waals surface area contributed by atoms with Crippen molar-refractivity contribution in [1.29, 1.82) is 0 Å². The van der Waals surface area contributed by atoms with Crippen molar-refractivity contribution >= 4 is 45.2 Å². The Morgan fingerprint density at radius 1 is 1.80 bits per heavy atom. The molecule has 3 nitrogen and oxygen atoms in total. The average molecular weight is 222 g/mol. The molecule has 60 valence electrons. The SMILES string of the molecule is COC(=O)CNP(=S)(Cl)Cl. The van der Waals surface area contributed by atoms with Gasteiger partial charge in [-0.2, -0.15) is 0 Å². The van der Waals surface area contributed by atoms with Gasteiger partial charge in [0.15, 0.2) is 4.89 Å². The second-order valence-corrected chi connectivity index (χ2v) is 9.02. The van der Waals surface area contributed by atoms with Gasteiger partial charge in [-0.25, -0.2) is 0 Å². The summed E-state index contributed by atoms with van der Waals surface area (Å²) in [5.41, 5.74) is 0. The van der Waals surface area contributed by atoms with Crippen molar-refractivity contribution in [2.24, 2.45) is 0 Å². The van der Waals surface area contributed by atoms with Gasteiger partial charge >= 0.3 is 5.97 Å². The number of rotatable bonds is 3. The molecule has 0 atom stereocenters. The summed E-state index contributed by atoms with van der Waals surface area (Å²) < 4.78 is 4.30. The maximum atomic E-state index is 10.4. The molecule has 0 bridgehead atoms. The lowest BCUT2D eigenvalue weighted by molar-refractivity contribution is -0.139. The molecule has 0 radical (unpaired) electrons. The highest BCUT2D eigenvalue weighted by atomic mass is 35.9. The molecule has 0 fully saturated rings. The van der Waals surface area contributed by atoms with E-state index in [1.165, 1.54) is 7.11 Å². The number of nitrogens with one attached hydrogen (secondary N) is 1. The third-order valence-electron chi connectivity index (χ3n) is 0.635. The number of hydrogen-bond acceptors (Lipinski definition) is 3. The lowest BCUT2D eigenvalue weighted by atomic mass is 10.7. The van der Waals surface area contributed by atoms with Gasteiger partial charge in [-0.3, -0.25) is 9.88 Å². The van der Waals surface area contributed by atoms with Crippen LogP contribution in [0.15, 0.2) is 0 Å². The lowest BCUT2D eigenvalue weighted by Crippen LogP contribution is -2.18. The molecule has 0 aliphatic heterocycles. The second kappa shape index (κ2) is 4.52. The standard InChI is InChI=1S/C3H6Cl2NO2PS/c1-8-3(7)2-6-9(4,5)10/h2H2,1H3,(H,6,10). The van der Waals surface area contributed by atoms with E-state index in [4.69, 9.17) is 22.5 Å². The molecule has 0 aliphatic carbocycles. The predicted molar refractivity (Wildman–Crippen MR) is 46.0 cm³/mol. The van der Waals surface area contributed by atoms with Gasteiger partial charge in [-0.05, 0) is 11.8 Å². The van der Waals surface area contributed by atoms with Gasteiger partial charge in [0.05, 0.1) is 13.7 Å². The van der Waals surface area contributed by atoms with Crippen LogP contribution in [-0.4, -0.2) is 19.6 Å². The molecule has 0 heterocycles. The van der Waals surface area contributed by atoms with Gasteiger partial charge in [0, 0.05) is 0 Å². The van der Waals surface area contributed by atoms with Gasteiger partial charge in [0.2, 0.25) is 0 Å². The highest BCUT2D eigenvalue weighted by molar-refractivity contribution is 8.38. The van der Waals surface area contributed by atoms with Crippen molar-refractivity contribution in [3.8, 4) is 0 Å². The summed E-state index contributed by atoms with van der Waals surface area (Å²) in [5, 5.41) is 2.45. The van der Waals surface area contributed by atoms with Crippen molar-refractivity contribution in [2.75, 3.05) is 13.7 Å². The summed E-state index contributed by atoms with van der Waals surface area (Å²) in [6.07, 6.45) is 0. The predicted octanol–water partition coefficient (Wildman–Crippen LogP) is 1.45. The van der Waals surface area contributed by atoms with Gasteiger partial charge in [-0.1, -0.05) is 22.5 Å². The fraction of sp³-hybridized carbons (Fsp3) is 0.667. The molecule has 0 aromatic carbocycles. The number of halogens is 2. The first-order chi connectivity index (χ1) is 4.45. The molecule has 7 heteroatoms. The molecule has 0 aromatic heterocycles. The van der Waals surface area contributed by atoms with E-state index in [1.807, 2.05) is 0 Å². The van der Waals surface area contributed by atoms with Crippen molar-refractivity contribution in [1.82, 2.24) is 5.09 Å². The number of esters is 1. The zero-order valence-electron chi connectivity index (χ0n) is 5.13. The second-order valence-electron chi connectivity index (χ2n) is 1.37. The Kier molecular flexibility index (Phi) is 4.82. The molecule has 1 N–H and O–H groups in total. The van der Waals surface area contributed by atoms with Crippen LogP contribution in [0.1, 0.15) is 0 Å². The number of ether oxygens (including phenoxy) is 1. The monoisotopic (exact) mass is 221 g/mol. The molecule has 0 rings (SSSR count). The first-order valence-electron chi connectivity index (χ1n) is 2.27. The average Bonchev–Trinajstić information content (AvgIpc) is 1.81. The number of methoxy groups -OCH3 is 1. The van der Waals surface area contributed by atoms with E-state index in [9.17, 15) is 4.79 Å². The van der Waals surface area contributed by atoms with Crippen molar-refractivity contribution in [3.05, 3.63) is 0 Å². The Morgan fingerprint density at radius 3 is 2.60 bits per heavy atom. The van der Waals surface area contributed by atoms with Crippen LogP contribution < -0.4 is 5.09 Å². The Hall–Kier alpha value is 0.660. The van der Waals surface area contributed by atoms with Crippen molar-refractivity contribution in [3.63, 3.8) is 0 Å². The summed E-state index contributed by atoms with van der Waals surface area (Å²) in [6.45, 7) is -0.0409. The molecule has 10 heavy (non-hydrogen) atoms. The van der Waals surface area contributed by atoms with Crippen LogP contribution in [0.4, 0.5) is 0 Å². The largest absolute Gasteiger partial charge is 0.468 e. The molecular weight excluding hydrogens is 216 g/mol. The summed E-state index contributed by atoms with van der Waals surface area (Å²) >= 11 is 15.4. The van der Waals surface area contributed by atoms with E-state index in [0.29, 0.717) is 0 Å². The first kappa shape index (κ1) is 10.7. The summed E-state index contributed by atoms with van der Waals surface area (Å²) in [4.78, 5) is 7.92. The summed E-state index contributed by atoms with van der Waals surface area (Å²) in [7, 11) is 1.27. The maximum Gasteiger partial charge on any atom is 0.320 e. The zero-order valence-corrected chi connectivity index (χ0v) is 8.36. The number of carbonyl (C=O) groups is 1. The van der Waals surface area contributed by atoms with Crippen LogP contribution in [0.3, 0.4) is 0 Å². The Bertz CT molecular complexity index is 170. The minimum Gasteiger partial charge on any atom is -0.468 e. The maximum absolute atomic E-state index is 10.4. The van der Waals surface area contributed by atoms with E-state index < -0.39 is 10.9 Å². The van der Waals surface area contributed by atoms with Crippen LogP contribution >= 0.6 is 27.4 Å². The zero-order chi connectivity index (χ0) is 8.20. The fourth-order valence-electron chi connectivity index (χ4n) is 0.229. The van der Waals surface area contributed by atoms with Crippen LogP contribution in [-0.2, 0) is 21.3 Å². The third kappa shape index (κ3) is 6.78. The van der Waals surface area contributed by atoms with Crippen molar-refractivity contribution in [2.45, 2.75) is 0 Å². The number of hydrogen-bond donors (Lipinski definition) is 1. The summed E-state index contributed by atoms with van der Waals surface area (Å²) in [6, 6.07) is 0. The third-order valence-corrected chi connectivity index (χ3v) is 2.27. The van der Waals surface area contributed by atoms with E-state index in [2.05, 4.69) is 21.6 Å². The Balaban J connectivity index is 3.56. The highest BCUT2D eigenvalue weighted by Gasteiger charge is 2.09. The summed E-state index contributed by atoms with van der Waals surface area (Å²) in [5.74, 6) is -0.435. The molecular formula is C3H6Cl2NO2PS. The van der Waals surface area contributed by atoms with E-state index in [0.717, 1.165) is 0 Å². The quantitative estimate of drug-likeness (QED) is 0.579. The van der Waals surface area contributed by atoms with E-state index in [-0.39, 0.29) is 6.54 Å². The molecule has 0 saturated carbocycles. The molecule has 0 saturated heterocycles. The van der Waals surface area contributed by atoms with Gasteiger partial charge in [0.25, 0.3) is 0 Å². The Labute approximate surface area is 73.7 Å². The van der Waals surface area contributed by atoms with Crippen LogP contribution in [0, 0.1) is 0 Å². The van der Waals surface area contributed by atoms with E-state index >= 15 is 0 Å². The number of carbonyl (C=O) groups excluding carboxylic acids is 1. The van der Waals surface area contributed by atoms with Gasteiger partial charge < -0.3 is 4.74 Å². The molecule has 0 aliphatic rings. The van der Waals surface area contributed by atoms with Crippen LogP contribution in [0.5, 0.6) is 0 Å². The topological polar surface area (TPSA) is 38.3 Å². The van der Waals surface area contributed by atoms with E-state index in [1.54, 1.807) is 0 Å². The minimum absolute atomic E-state index is 0.0409. The Morgan fingerprint density at radius 2 is 2.30 bits per heavy atom. The van der Waals surface area contributed by atoms with Crippen LogP contribution in [0.25, 0.3) is 0 Å². The molecule has 0 amide bonds. The first-order valence-corrected chi connectivity index (χ1v) is 6.88. The fourth-order valence-corrected chi connectivity index (χ4v) is 1.09. The minimum atomic E-state index is -2.51. The normalized spacial score (nSPS) is 11.1.